The van der Waals surface area contributed by atoms with Gasteiger partial charge >= 0.3 is 0 Å². The summed E-state index contributed by atoms with van der Waals surface area (Å²) in [6, 6.07) is 17.4. The van der Waals surface area contributed by atoms with Crippen molar-refractivity contribution in [2.75, 3.05) is 33.9 Å². The first-order chi connectivity index (χ1) is 26.6. The molecule has 5 N–H and O–H groups in total. The highest BCUT2D eigenvalue weighted by molar-refractivity contribution is 5.97. The number of methoxy groups -OCH3 is 2. The number of carbonyl (C=O) groups excluding carboxylic acids is 5. The summed E-state index contributed by atoms with van der Waals surface area (Å²) in [5.74, 6) is -0.932. The van der Waals surface area contributed by atoms with Gasteiger partial charge in [0.05, 0.1) is 26.5 Å². The number of nitrogens with zero attached hydrogens (tertiary/aromatic N) is 3. The maximum absolute atomic E-state index is 13.7. The minimum atomic E-state index is -1.03. The van der Waals surface area contributed by atoms with Crippen molar-refractivity contribution in [1.82, 2.24) is 41.6 Å². The third kappa shape index (κ3) is 10.8. The monoisotopic (exact) mass is 754 g/mol. The lowest BCUT2D eigenvalue weighted by molar-refractivity contribution is -0.132. The van der Waals surface area contributed by atoms with Gasteiger partial charge in [-0.25, -0.2) is 0 Å². The van der Waals surface area contributed by atoms with Gasteiger partial charge in [0.15, 0.2) is 17.2 Å². The van der Waals surface area contributed by atoms with Crippen LogP contribution in [0.5, 0.6) is 23.0 Å². The molecule has 16 nitrogen and oxygen atoms in total. The molecule has 16 heteroatoms. The Labute approximate surface area is 318 Å². The SMILES string of the molecule is COc1cc2ccc1CNC(=O)[C@H](C)NC(=O)[C@H](CCc1ccccc1)NC(=O)CN(C(=O)c1n[nH]nc1C)CCCCNC(=O)c1ccc(OC)c(c1)O2. The molecule has 0 saturated carbocycles. The topological polar surface area (TPSA) is 206 Å². The van der Waals surface area contributed by atoms with E-state index >= 15 is 0 Å². The van der Waals surface area contributed by atoms with Crippen molar-refractivity contribution >= 4 is 29.5 Å². The van der Waals surface area contributed by atoms with Crippen LogP contribution in [0.1, 0.15) is 63.9 Å². The number of aromatic amines is 1. The molecule has 4 aromatic rings. The van der Waals surface area contributed by atoms with Crippen LogP contribution in [0.25, 0.3) is 0 Å². The maximum Gasteiger partial charge on any atom is 0.276 e. The van der Waals surface area contributed by atoms with E-state index in [-0.39, 0.29) is 44.2 Å². The summed E-state index contributed by atoms with van der Waals surface area (Å²) in [6.07, 6.45) is 1.59. The number of ether oxygens (including phenoxy) is 3. The second kappa shape index (κ2) is 19.0. The second-order valence-corrected chi connectivity index (χ2v) is 13.0. The second-order valence-electron chi connectivity index (χ2n) is 13.0. The lowest BCUT2D eigenvalue weighted by atomic mass is 10.0. The van der Waals surface area contributed by atoms with Crippen molar-refractivity contribution in [2.24, 2.45) is 0 Å². The molecule has 6 rings (SSSR count). The molecule has 3 heterocycles. The van der Waals surface area contributed by atoms with E-state index in [0.717, 1.165) is 5.56 Å². The normalized spacial score (nSPS) is 17.7. The van der Waals surface area contributed by atoms with E-state index in [1.807, 2.05) is 30.3 Å². The van der Waals surface area contributed by atoms with E-state index in [2.05, 4.69) is 36.7 Å². The van der Waals surface area contributed by atoms with Crippen LogP contribution in [0, 0.1) is 6.92 Å². The van der Waals surface area contributed by atoms with Crippen molar-refractivity contribution in [1.29, 1.82) is 0 Å². The minimum Gasteiger partial charge on any atom is -0.496 e. The number of hydrogen-bond donors (Lipinski definition) is 5. The largest absolute Gasteiger partial charge is 0.496 e. The molecule has 0 spiro atoms. The smallest absolute Gasteiger partial charge is 0.276 e. The molecule has 5 amide bonds. The third-order valence-electron chi connectivity index (χ3n) is 9.02. The van der Waals surface area contributed by atoms with Gasteiger partial charge < -0.3 is 40.4 Å². The van der Waals surface area contributed by atoms with Gasteiger partial charge in [-0.1, -0.05) is 30.3 Å². The summed E-state index contributed by atoms with van der Waals surface area (Å²) < 4.78 is 17.2. The first-order valence-corrected chi connectivity index (χ1v) is 17.9. The van der Waals surface area contributed by atoms with E-state index in [4.69, 9.17) is 14.2 Å². The summed E-state index contributed by atoms with van der Waals surface area (Å²) in [5.41, 5.74) is 2.36. The Morgan fingerprint density at radius 1 is 0.891 bits per heavy atom. The first-order valence-electron chi connectivity index (χ1n) is 17.9. The molecule has 0 radical (unpaired) electrons. The van der Waals surface area contributed by atoms with Crippen molar-refractivity contribution in [3.63, 3.8) is 0 Å². The standard InChI is InChI=1S/C39H46N8O8/c1-24-35(45-46-44-24)39(52)47-19-9-8-18-40-37(50)27-14-17-31(53-3)33(20-27)55-29-15-13-28(32(21-29)54-4)22-41-36(49)25(2)42-38(51)30(43-34(48)23-47)16-12-26-10-6-5-7-11-26/h5-7,10-11,13-15,17,20-21,25,30H,8-9,12,16,18-19,22-23H2,1-4H3,(H,40,50)(H,41,49)(H,42,51)(H,43,48)(H,44,45,46)/t25-,30-/m0/s1. The molecule has 290 valence electrons. The fraction of sp³-hybridized carbons (Fsp3) is 0.359. The Morgan fingerprint density at radius 3 is 2.40 bits per heavy atom. The predicted octanol–water partition coefficient (Wildman–Crippen LogP) is 2.83. The maximum atomic E-state index is 13.7. The fourth-order valence-corrected chi connectivity index (χ4v) is 5.93. The van der Waals surface area contributed by atoms with Gasteiger partial charge in [0, 0.05) is 36.8 Å². The van der Waals surface area contributed by atoms with Crippen LogP contribution in [-0.4, -0.2) is 95.8 Å². The molecule has 3 aromatic carbocycles. The fourth-order valence-electron chi connectivity index (χ4n) is 5.93. The number of carbonyl (C=O) groups is 5. The zero-order chi connectivity index (χ0) is 39.3. The van der Waals surface area contributed by atoms with Crippen LogP contribution in [0.15, 0.2) is 66.7 Å². The lowest BCUT2D eigenvalue weighted by Crippen LogP contribution is -2.54. The minimum absolute atomic E-state index is 0.0635. The molecular weight excluding hydrogens is 708 g/mol. The molecule has 0 aliphatic carbocycles. The highest BCUT2D eigenvalue weighted by Crippen LogP contribution is 2.35. The number of rotatable bonds is 6. The van der Waals surface area contributed by atoms with Gasteiger partial charge in [0.1, 0.15) is 23.6 Å². The van der Waals surface area contributed by atoms with Crippen LogP contribution < -0.4 is 35.5 Å². The zero-order valence-electron chi connectivity index (χ0n) is 31.3. The summed E-state index contributed by atoms with van der Waals surface area (Å²) in [6.45, 7) is 3.30. The molecule has 2 aliphatic rings. The van der Waals surface area contributed by atoms with Gasteiger partial charge in [-0.2, -0.15) is 15.4 Å². The van der Waals surface area contributed by atoms with Crippen LogP contribution in [-0.2, 0) is 27.3 Å². The van der Waals surface area contributed by atoms with Gasteiger partial charge in [-0.3, -0.25) is 24.0 Å². The Bertz CT molecular complexity index is 1990. The summed E-state index contributed by atoms with van der Waals surface area (Å²) >= 11 is 0. The van der Waals surface area contributed by atoms with E-state index < -0.39 is 35.7 Å². The Balaban J connectivity index is 1.40. The lowest BCUT2D eigenvalue weighted by Gasteiger charge is -2.25. The van der Waals surface area contributed by atoms with Crippen LogP contribution in [0.4, 0.5) is 0 Å². The number of amides is 5. The van der Waals surface area contributed by atoms with Crippen molar-refractivity contribution in [3.05, 3.63) is 94.8 Å². The number of fused-ring (bicyclic) bond motifs is 18. The number of hydrogen-bond acceptors (Lipinski definition) is 10. The van der Waals surface area contributed by atoms with Crippen LogP contribution in [0.2, 0.25) is 0 Å². The summed E-state index contributed by atoms with van der Waals surface area (Å²) in [7, 11) is 2.98. The van der Waals surface area contributed by atoms with Gasteiger partial charge in [-0.05, 0) is 75.4 Å². The molecule has 0 saturated heterocycles. The van der Waals surface area contributed by atoms with E-state index in [1.165, 1.54) is 19.1 Å². The Kier molecular flexibility index (Phi) is 13.8. The van der Waals surface area contributed by atoms with Crippen molar-refractivity contribution in [2.45, 2.75) is 58.2 Å². The molecule has 2 aliphatic heterocycles. The number of H-pyrrole nitrogens is 1. The number of nitrogens with one attached hydrogen (secondary N) is 5. The van der Waals surface area contributed by atoms with Crippen LogP contribution in [0.3, 0.4) is 0 Å². The summed E-state index contributed by atoms with van der Waals surface area (Å²) in [4.78, 5) is 68.6. The zero-order valence-corrected chi connectivity index (χ0v) is 31.3. The van der Waals surface area contributed by atoms with E-state index in [1.54, 1.807) is 50.2 Å². The molecular formula is C39H46N8O8. The van der Waals surface area contributed by atoms with Gasteiger partial charge in [0.2, 0.25) is 17.7 Å². The van der Waals surface area contributed by atoms with Crippen molar-refractivity contribution in [3.8, 4) is 23.0 Å². The number of aromatic nitrogens is 3. The third-order valence-corrected chi connectivity index (χ3v) is 9.02. The Morgan fingerprint density at radius 2 is 1.67 bits per heavy atom. The number of aryl methyl sites for hydroxylation is 2. The quantitative estimate of drug-likeness (QED) is 0.182. The van der Waals surface area contributed by atoms with E-state index in [0.29, 0.717) is 59.1 Å². The average Bonchev–Trinajstić information content (AvgIpc) is 3.63. The molecule has 0 unspecified atom stereocenters. The van der Waals surface area contributed by atoms with Crippen LogP contribution >= 0.6 is 0 Å². The Hall–Kier alpha value is -6.45. The van der Waals surface area contributed by atoms with Gasteiger partial charge in [0.25, 0.3) is 11.8 Å². The average molecular weight is 755 g/mol. The molecule has 55 heavy (non-hydrogen) atoms. The predicted molar refractivity (Wildman–Crippen MR) is 201 cm³/mol. The van der Waals surface area contributed by atoms with Crippen molar-refractivity contribution < 1.29 is 38.2 Å². The summed E-state index contributed by atoms with van der Waals surface area (Å²) in [5, 5.41) is 21.6. The van der Waals surface area contributed by atoms with E-state index in [9.17, 15) is 24.0 Å². The number of benzene rings is 3. The molecule has 2 atom stereocenters. The highest BCUT2D eigenvalue weighted by atomic mass is 16.5. The van der Waals surface area contributed by atoms with Gasteiger partial charge in [-0.15, -0.1) is 0 Å². The molecule has 0 fully saturated rings. The molecule has 4 bridgehead atoms. The highest BCUT2D eigenvalue weighted by Gasteiger charge is 2.28. The molecule has 1 aromatic heterocycles. The first kappa shape index (κ1) is 39.8.